The van der Waals surface area contributed by atoms with Gasteiger partial charge >= 0.3 is 17.9 Å². The molecule has 0 spiro atoms. The van der Waals surface area contributed by atoms with Crippen LogP contribution in [0.15, 0.2) is 54.1 Å². The van der Waals surface area contributed by atoms with Crippen molar-refractivity contribution in [2.45, 2.75) is 85.0 Å². The summed E-state index contributed by atoms with van der Waals surface area (Å²) in [6, 6.07) is 9.23. The van der Waals surface area contributed by atoms with E-state index >= 15 is 0 Å². The molecule has 39 heavy (non-hydrogen) atoms. The fraction of sp³-hybridized carbons (Fsp3) is 0.562. The summed E-state index contributed by atoms with van der Waals surface area (Å²) in [4.78, 5) is 52.4. The van der Waals surface area contributed by atoms with E-state index in [1.54, 1.807) is 6.92 Å². The van der Waals surface area contributed by atoms with Crippen LogP contribution in [-0.4, -0.2) is 41.5 Å². The van der Waals surface area contributed by atoms with Gasteiger partial charge in [-0.05, 0) is 59.6 Å². The van der Waals surface area contributed by atoms with Crippen LogP contribution >= 0.6 is 0 Å². The van der Waals surface area contributed by atoms with E-state index in [4.69, 9.17) is 14.2 Å². The van der Waals surface area contributed by atoms with E-state index in [1.807, 2.05) is 43.3 Å². The summed E-state index contributed by atoms with van der Waals surface area (Å²) >= 11 is 0. The van der Waals surface area contributed by atoms with Crippen LogP contribution in [0.3, 0.4) is 0 Å². The lowest BCUT2D eigenvalue weighted by molar-refractivity contribution is -0.182. The fourth-order valence-corrected chi connectivity index (χ4v) is 6.99. The first-order valence-electron chi connectivity index (χ1n) is 13.8. The third-order valence-electron chi connectivity index (χ3n) is 8.97. The topological polar surface area (TPSA) is 96.0 Å². The molecule has 0 N–H and O–H groups in total. The first-order valence-corrected chi connectivity index (χ1v) is 13.8. The molecule has 7 atom stereocenters. The highest BCUT2D eigenvalue weighted by molar-refractivity contribution is 6.03. The van der Waals surface area contributed by atoms with Gasteiger partial charge in [0.1, 0.15) is 12.2 Å². The Bertz CT molecular complexity index is 1200. The highest BCUT2D eigenvalue weighted by atomic mass is 16.6. The van der Waals surface area contributed by atoms with Crippen molar-refractivity contribution in [2.24, 2.45) is 29.1 Å². The lowest BCUT2D eigenvalue weighted by Crippen LogP contribution is -2.55. The molecule has 0 amide bonds. The Morgan fingerprint density at radius 3 is 2.33 bits per heavy atom. The minimum atomic E-state index is -1.68. The number of carbonyl (C=O) groups excluding carboxylic acids is 4. The van der Waals surface area contributed by atoms with E-state index < -0.39 is 41.6 Å². The number of benzene rings is 1. The summed E-state index contributed by atoms with van der Waals surface area (Å²) in [6.45, 7) is 14.8. The van der Waals surface area contributed by atoms with Gasteiger partial charge in [0.2, 0.25) is 5.78 Å². The van der Waals surface area contributed by atoms with Crippen molar-refractivity contribution in [1.29, 1.82) is 0 Å². The molecule has 7 nitrogen and oxygen atoms in total. The van der Waals surface area contributed by atoms with Crippen LogP contribution < -0.4 is 0 Å². The zero-order valence-electron chi connectivity index (χ0n) is 23.8. The summed E-state index contributed by atoms with van der Waals surface area (Å²) in [5, 5.41) is 0. The molecule has 0 radical (unpaired) electrons. The Labute approximate surface area is 231 Å². The third-order valence-corrected chi connectivity index (χ3v) is 8.97. The molecule has 4 rings (SSSR count). The summed E-state index contributed by atoms with van der Waals surface area (Å²) in [5.74, 6) is -2.75. The van der Waals surface area contributed by atoms with Crippen molar-refractivity contribution >= 4 is 23.7 Å². The van der Waals surface area contributed by atoms with Gasteiger partial charge < -0.3 is 14.2 Å². The molecule has 0 bridgehead atoms. The zero-order valence-corrected chi connectivity index (χ0v) is 23.8. The van der Waals surface area contributed by atoms with Crippen molar-refractivity contribution in [2.75, 3.05) is 0 Å². The monoisotopic (exact) mass is 536 g/mol. The molecule has 210 valence electrons. The molecule has 0 aromatic heterocycles. The molecule has 0 aliphatic heterocycles. The fourth-order valence-electron chi connectivity index (χ4n) is 6.99. The van der Waals surface area contributed by atoms with E-state index in [0.717, 1.165) is 12.0 Å². The van der Waals surface area contributed by atoms with Crippen LogP contribution in [0, 0.1) is 29.1 Å². The largest absolute Gasteiger partial charge is 0.461 e. The first kappa shape index (κ1) is 28.8. The normalized spacial score (nSPS) is 33.5. The number of ketones is 1. The molecule has 2 fully saturated rings. The van der Waals surface area contributed by atoms with Crippen LogP contribution in [0.25, 0.3) is 0 Å². The molecular weight excluding hydrogens is 496 g/mol. The average Bonchev–Trinajstić information content (AvgIpc) is 3.24. The van der Waals surface area contributed by atoms with E-state index in [1.165, 1.54) is 13.8 Å². The number of hydrogen-bond donors (Lipinski definition) is 0. The van der Waals surface area contributed by atoms with Gasteiger partial charge in [-0.2, -0.15) is 0 Å². The molecule has 1 aromatic carbocycles. The Morgan fingerprint density at radius 1 is 1.05 bits per heavy atom. The Kier molecular flexibility index (Phi) is 7.93. The maximum Gasteiger partial charge on any atom is 0.310 e. The van der Waals surface area contributed by atoms with Crippen LogP contribution in [0.4, 0.5) is 0 Å². The molecule has 1 aromatic rings. The van der Waals surface area contributed by atoms with Crippen molar-refractivity contribution in [3.63, 3.8) is 0 Å². The maximum atomic E-state index is 14.3. The van der Waals surface area contributed by atoms with Crippen molar-refractivity contribution in [3.05, 3.63) is 59.7 Å². The predicted octanol–water partition coefficient (Wildman–Crippen LogP) is 5.17. The van der Waals surface area contributed by atoms with E-state index in [2.05, 4.69) is 20.4 Å². The maximum absolute atomic E-state index is 14.3. The third kappa shape index (κ3) is 5.59. The van der Waals surface area contributed by atoms with Crippen LogP contribution in [0.5, 0.6) is 0 Å². The highest BCUT2D eigenvalue weighted by Crippen LogP contribution is 2.62. The Balaban J connectivity index is 1.81. The molecule has 0 saturated heterocycles. The zero-order chi connectivity index (χ0) is 28.7. The standard InChI is InChI=1S/C32H40O7/c1-18-13-14-24-25(31(24,6)7)15-19(2)30(36)32(39-22(5)34)17-20(3)29(27(32)28(18)37-21(4)33)38-26(35)16-23-11-9-8-10-12-23/h8-12,15,20,24-25,27-29H,1,13-14,16-17H2,2-7H3/t20-,24-,25+,27-,28?,29-,32+/m0/s1. The lowest BCUT2D eigenvalue weighted by atomic mass is 9.76. The van der Waals surface area contributed by atoms with Gasteiger partial charge in [-0.15, -0.1) is 0 Å². The lowest BCUT2D eigenvalue weighted by Gasteiger charge is -2.40. The molecule has 3 aliphatic carbocycles. The number of rotatable bonds is 5. The minimum absolute atomic E-state index is 0.0183. The van der Waals surface area contributed by atoms with E-state index in [-0.39, 0.29) is 35.9 Å². The molecular formula is C32H40O7. The molecule has 7 heteroatoms. The van der Waals surface area contributed by atoms with Gasteiger partial charge in [-0.3, -0.25) is 19.2 Å². The SMILES string of the molecule is C=C1CC[C@H]2[C@@H](C=C(C)C(=O)[C@@]3(OC(C)=O)C[C@H](C)[C@H](OC(=O)Cc4ccccc4)[C@@H]3C1OC(C)=O)C2(C)C. The molecule has 0 heterocycles. The van der Waals surface area contributed by atoms with Crippen molar-refractivity contribution in [1.82, 2.24) is 0 Å². The Hall–Kier alpha value is -3.22. The van der Waals surface area contributed by atoms with Crippen LogP contribution in [-0.2, 0) is 39.8 Å². The van der Waals surface area contributed by atoms with E-state index in [9.17, 15) is 19.2 Å². The number of carbonyl (C=O) groups is 4. The second kappa shape index (κ2) is 10.7. The first-order chi connectivity index (χ1) is 18.3. The second-order valence-electron chi connectivity index (χ2n) is 12.2. The van der Waals surface area contributed by atoms with Crippen molar-refractivity contribution in [3.8, 4) is 0 Å². The molecule has 1 unspecified atom stereocenters. The van der Waals surface area contributed by atoms with Gasteiger partial charge in [-0.25, -0.2) is 0 Å². The smallest absolute Gasteiger partial charge is 0.310 e. The number of esters is 3. The van der Waals surface area contributed by atoms with Gasteiger partial charge in [0, 0.05) is 20.3 Å². The quantitative estimate of drug-likeness (QED) is 0.291. The summed E-state index contributed by atoms with van der Waals surface area (Å²) in [6.07, 6.45) is 1.74. The number of fused-ring (bicyclic) bond motifs is 2. The summed E-state index contributed by atoms with van der Waals surface area (Å²) < 4.78 is 17.9. The van der Waals surface area contributed by atoms with Crippen LogP contribution in [0.1, 0.15) is 66.4 Å². The van der Waals surface area contributed by atoms with Gasteiger partial charge in [0.15, 0.2) is 5.60 Å². The average molecular weight is 537 g/mol. The second-order valence-corrected chi connectivity index (χ2v) is 12.2. The Morgan fingerprint density at radius 2 is 1.72 bits per heavy atom. The van der Waals surface area contributed by atoms with Gasteiger partial charge in [-0.1, -0.05) is 63.8 Å². The number of allylic oxidation sites excluding steroid dienone is 1. The van der Waals surface area contributed by atoms with E-state index in [0.29, 0.717) is 23.5 Å². The predicted molar refractivity (Wildman–Crippen MR) is 145 cm³/mol. The van der Waals surface area contributed by atoms with Crippen LogP contribution in [0.2, 0.25) is 0 Å². The number of ether oxygens (including phenoxy) is 3. The minimum Gasteiger partial charge on any atom is -0.461 e. The molecule has 3 aliphatic rings. The summed E-state index contributed by atoms with van der Waals surface area (Å²) in [7, 11) is 0. The van der Waals surface area contributed by atoms with Crippen molar-refractivity contribution < 1.29 is 33.4 Å². The number of hydrogen-bond acceptors (Lipinski definition) is 7. The number of Topliss-reactive ketones (excluding diaryl/α,β-unsaturated/α-hetero) is 1. The highest BCUT2D eigenvalue weighted by Gasteiger charge is 2.65. The summed E-state index contributed by atoms with van der Waals surface area (Å²) in [5.41, 5.74) is 0.258. The molecule has 2 saturated carbocycles. The van der Waals surface area contributed by atoms with Gasteiger partial charge in [0.05, 0.1) is 12.3 Å². The van der Waals surface area contributed by atoms with Gasteiger partial charge in [0.25, 0.3) is 0 Å².